The van der Waals surface area contributed by atoms with E-state index < -0.39 is 5.41 Å². The molecule has 1 saturated heterocycles. The van der Waals surface area contributed by atoms with Crippen molar-refractivity contribution in [2.24, 2.45) is 16.7 Å². The normalized spacial score (nSPS) is 27.2. The zero-order valence-corrected chi connectivity index (χ0v) is 11.8. The van der Waals surface area contributed by atoms with Crippen LogP contribution in [0.15, 0.2) is 0 Å². The molecule has 2 rings (SSSR count). The number of likely N-dealkylation sites (tertiary alicyclic amines) is 1. The molecule has 1 unspecified atom stereocenters. The molecule has 4 heteroatoms. The lowest BCUT2D eigenvalue weighted by Crippen LogP contribution is -2.43. The van der Waals surface area contributed by atoms with Crippen molar-refractivity contribution in [3.05, 3.63) is 0 Å². The number of aliphatic hydroxyl groups is 1. The van der Waals surface area contributed by atoms with Crippen molar-refractivity contribution in [3.8, 4) is 0 Å². The summed E-state index contributed by atoms with van der Waals surface area (Å²) in [5.41, 5.74) is -0.311. The number of hydrogen-bond donors (Lipinski definition) is 2. The second kappa shape index (κ2) is 4.82. The lowest BCUT2D eigenvalue weighted by Gasteiger charge is -2.32. The van der Waals surface area contributed by atoms with Crippen LogP contribution in [0.2, 0.25) is 0 Å². The van der Waals surface area contributed by atoms with E-state index in [0.29, 0.717) is 12.5 Å². The monoisotopic (exact) mass is 254 g/mol. The molecular formula is C14H26N2O2. The Bertz CT molecular complexity index is 324. The third-order valence-corrected chi connectivity index (χ3v) is 4.84. The zero-order valence-electron chi connectivity index (χ0n) is 11.8. The van der Waals surface area contributed by atoms with Crippen LogP contribution >= 0.6 is 0 Å². The highest BCUT2D eigenvalue weighted by atomic mass is 16.3. The topological polar surface area (TPSA) is 52.6 Å². The van der Waals surface area contributed by atoms with Crippen LogP contribution in [-0.4, -0.2) is 49.2 Å². The van der Waals surface area contributed by atoms with Crippen molar-refractivity contribution in [2.75, 3.05) is 33.3 Å². The maximum atomic E-state index is 12.0. The molecule has 4 nitrogen and oxygen atoms in total. The summed E-state index contributed by atoms with van der Waals surface area (Å²) in [4.78, 5) is 14.4. The average Bonchev–Trinajstić information content (AvgIpc) is 3.02. The van der Waals surface area contributed by atoms with E-state index in [9.17, 15) is 9.90 Å². The number of amides is 1. The van der Waals surface area contributed by atoms with Crippen LogP contribution in [0.4, 0.5) is 0 Å². The molecule has 1 aliphatic carbocycles. The number of rotatable bonds is 5. The van der Waals surface area contributed by atoms with Crippen LogP contribution in [-0.2, 0) is 4.79 Å². The molecule has 0 aromatic carbocycles. The molecule has 0 aromatic rings. The van der Waals surface area contributed by atoms with Crippen molar-refractivity contribution in [1.29, 1.82) is 0 Å². The number of hydrogen-bond acceptors (Lipinski definition) is 3. The SMILES string of the molecule is CN1CCC(C(C)(C)CNC(=O)C2(CO)CC2)C1. The fourth-order valence-electron chi connectivity index (χ4n) is 2.82. The van der Waals surface area contributed by atoms with Crippen molar-refractivity contribution in [1.82, 2.24) is 10.2 Å². The third-order valence-electron chi connectivity index (χ3n) is 4.84. The Labute approximate surface area is 110 Å². The molecule has 0 bridgehead atoms. The Morgan fingerprint density at radius 2 is 2.17 bits per heavy atom. The smallest absolute Gasteiger partial charge is 0.228 e. The number of carbonyl (C=O) groups excluding carboxylic acids is 1. The highest BCUT2D eigenvalue weighted by Gasteiger charge is 2.49. The number of nitrogens with one attached hydrogen (secondary N) is 1. The lowest BCUT2D eigenvalue weighted by molar-refractivity contribution is -0.128. The highest BCUT2D eigenvalue weighted by molar-refractivity contribution is 5.85. The Kier molecular flexibility index (Phi) is 3.70. The van der Waals surface area contributed by atoms with Crippen LogP contribution in [0.25, 0.3) is 0 Å². The van der Waals surface area contributed by atoms with Gasteiger partial charge >= 0.3 is 0 Å². The predicted octanol–water partition coefficient (Wildman–Crippen LogP) is 0.853. The summed E-state index contributed by atoms with van der Waals surface area (Å²) in [7, 11) is 2.15. The minimum Gasteiger partial charge on any atom is -0.395 e. The Morgan fingerprint density at radius 3 is 2.61 bits per heavy atom. The molecule has 0 aromatic heterocycles. The average molecular weight is 254 g/mol. The third kappa shape index (κ3) is 2.69. The van der Waals surface area contributed by atoms with E-state index >= 15 is 0 Å². The quantitative estimate of drug-likeness (QED) is 0.765. The van der Waals surface area contributed by atoms with Gasteiger partial charge in [0.1, 0.15) is 0 Å². The molecule has 2 aliphatic rings. The summed E-state index contributed by atoms with van der Waals surface area (Å²) in [6.07, 6.45) is 2.88. The van der Waals surface area contributed by atoms with Gasteiger partial charge in [-0.1, -0.05) is 13.8 Å². The van der Waals surface area contributed by atoms with Gasteiger partial charge in [-0.3, -0.25) is 4.79 Å². The molecule has 2 fully saturated rings. The van der Waals surface area contributed by atoms with Gasteiger partial charge < -0.3 is 15.3 Å². The largest absolute Gasteiger partial charge is 0.395 e. The van der Waals surface area contributed by atoms with Gasteiger partial charge in [-0.05, 0) is 44.2 Å². The van der Waals surface area contributed by atoms with E-state index in [4.69, 9.17) is 0 Å². The Balaban J connectivity index is 1.83. The second-order valence-electron chi connectivity index (χ2n) is 6.86. The molecule has 2 N–H and O–H groups in total. The molecule has 18 heavy (non-hydrogen) atoms. The molecule has 1 heterocycles. The maximum Gasteiger partial charge on any atom is 0.228 e. The van der Waals surface area contributed by atoms with Crippen molar-refractivity contribution < 1.29 is 9.90 Å². The predicted molar refractivity (Wildman–Crippen MR) is 71.1 cm³/mol. The molecule has 1 saturated carbocycles. The molecule has 104 valence electrons. The first-order valence-corrected chi connectivity index (χ1v) is 6.97. The van der Waals surface area contributed by atoms with E-state index in [1.54, 1.807) is 0 Å². The molecule has 0 spiro atoms. The van der Waals surface area contributed by atoms with Gasteiger partial charge in [-0.15, -0.1) is 0 Å². The number of carbonyl (C=O) groups is 1. The standard InChI is InChI=1S/C14H26N2O2/c1-13(2,11-4-7-16(3)8-11)9-15-12(18)14(10-17)5-6-14/h11,17H,4-10H2,1-3H3,(H,15,18). The van der Waals surface area contributed by atoms with Crippen molar-refractivity contribution in [2.45, 2.75) is 33.1 Å². The first-order valence-electron chi connectivity index (χ1n) is 6.97. The molecule has 0 radical (unpaired) electrons. The van der Waals surface area contributed by atoms with Gasteiger partial charge in [0.15, 0.2) is 0 Å². The van der Waals surface area contributed by atoms with Crippen LogP contribution < -0.4 is 5.32 Å². The van der Waals surface area contributed by atoms with Gasteiger partial charge in [-0.25, -0.2) is 0 Å². The van der Waals surface area contributed by atoms with Gasteiger partial charge in [0.25, 0.3) is 0 Å². The molecular weight excluding hydrogens is 228 g/mol. The number of aliphatic hydroxyl groups excluding tert-OH is 1. The maximum absolute atomic E-state index is 12.0. The van der Waals surface area contributed by atoms with Crippen molar-refractivity contribution >= 4 is 5.91 Å². The summed E-state index contributed by atoms with van der Waals surface area (Å²) in [5, 5.41) is 12.3. The van der Waals surface area contributed by atoms with E-state index in [-0.39, 0.29) is 17.9 Å². The summed E-state index contributed by atoms with van der Waals surface area (Å²) < 4.78 is 0. The van der Waals surface area contributed by atoms with Crippen LogP contribution in [0.1, 0.15) is 33.1 Å². The van der Waals surface area contributed by atoms with Gasteiger partial charge in [0, 0.05) is 13.1 Å². The van der Waals surface area contributed by atoms with E-state index in [0.717, 1.165) is 25.9 Å². The van der Waals surface area contributed by atoms with Gasteiger partial charge in [0.05, 0.1) is 12.0 Å². The Morgan fingerprint density at radius 1 is 1.50 bits per heavy atom. The first-order chi connectivity index (χ1) is 8.39. The second-order valence-corrected chi connectivity index (χ2v) is 6.86. The number of nitrogens with zero attached hydrogens (tertiary/aromatic N) is 1. The molecule has 1 atom stereocenters. The minimum atomic E-state index is -0.442. The molecule has 1 aliphatic heterocycles. The van der Waals surface area contributed by atoms with E-state index in [1.807, 2.05) is 0 Å². The first kappa shape index (κ1) is 13.8. The fraction of sp³-hybridized carbons (Fsp3) is 0.929. The van der Waals surface area contributed by atoms with Gasteiger partial charge in [-0.2, -0.15) is 0 Å². The summed E-state index contributed by atoms with van der Waals surface area (Å²) in [5.74, 6) is 0.691. The summed E-state index contributed by atoms with van der Waals surface area (Å²) >= 11 is 0. The highest BCUT2D eigenvalue weighted by Crippen LogP contribution is 2.45. The lowest BCUT2D eigenvalue weighted by atomic mass is 9.78. The van der Waals surface area contributed by atoms with Crippen LogP contribution in [0, 0.1) is 16.7 Å². The van der Waals surface area contributed by atoms with Gasteiger partial charge in [0.2, 0.25) is 5.91 Å². The van der Waals surface area contributed by atoms with E-state index in [1.165, 1.54) is 6.42 Å². The minimum absolute atomic E-state index is 0.00850. The van der Waals surface area contributed by atoms with Crippen LogP contribution in [0.5, 0.6) is 0 Å². The van der Waals surface area contributed by atoms with Crippen LogP contribution in [0.3, 0.4) is 0 Å². The van der Waals surface area contributed by atoms with Crippen molar-refractivity contribution in [3.63, 3.8) is 0 Å². The van der Waals surface area contributed by atoms with E-state index in [2.05, 4.69) is 31.1 Å². The summed E-state index contributed by atoms with van der Waals surface area (Å²) in [6, 6.07) is 0. The summed E-state index contributed by atoms with van der Waals surface area (Å²) in [6.45, 7) is 7.44. The fourth-order valence-corrected chi connectivity index (χ4v) is 2.82. The zero-order chi connectivity index (χ0) is 13.4. The Hall–Kier alpha value is -0.610. The molecule has 1 amide bonds.